The van der Waals surface area contributed by atoms with Gasteiger partial charge in [0.1, 0.15) is 21.6 Å². The van der Waals surface area contributed by atoms with Crippen molar-refractivity contribution in [1.82, 2.24) is 4.90 Å². The smallest absolute Gasteiger partial charge is 0.356 e. The second-order valence-electron chi connectivity index (χ2n) is 6.85. The number of ether oxygens (including phenoxy) is 1. The molecule has 31 heavy (non-hydrogen) atoms. The van der Waals surface area contributed by atoms with Crippen LogP contribution in [0.3, 0.4) is 0 Å². The van der Waals surface area contributed by atoms with Crippen LogP contribution in [0, 0.1) is 0 Å². The molecule has 0 spiro atoms. The van der Waals surface area contributed by atoms with E-state index in [0.717, 1.165) is 11.1 Å². The molecular formula is C22H19Cl3N2O3S. The zero-order chi connectivity index (χ0) is 21.3. The molecule has 1 fully saturated rings. The Morgan fingerprint density at radius 1 is 1.10 bits per heavy atom. The van der Waals surface area contributed by atoms with E-state index in [4.69, 9.17) is 33.7 Å². The number of benzene rings is 2. The highest BCUT2D eigenvalue weighted by molar-refractivity contribution is 8.00. The van der Waals surface area contributed by atoms with Gasteiger partial charge < -0.3 is 10.5 Å². The maximum atomic E-state index is 13.3. The first-order valence-corrected chi connectivity index (χ1v) is 11.0. The molecule has 1 amide bonds. The van der Waals surface area contributed by atoms with Crippen molar-refractivity contribution in [3.8, 4) is 0 Å². The summed E-state index contributed by atoms with van der Waals surface area (Å²) < 4.78 is 5.95. The van der Waals surface area contributed by atoms with Crippen LogP contribution in [0.5, 0.6) is 0 Å². The Morgan fingerprint density at radius 3 is 2.16 bits per heavy atom. The second-order valence-corrected chi connectivity index (χ2v) is 8.96. The van der Waals surface area contributed by atoms with Crippen LogP contribution >= 0.6 is 47.4 Å². The van der Waals surface area contributed by atoms with Gasteiger partial charge in [0, 0.05) is 5.75 Å². The molecule has 0 bridgehead atoms. The number of amides is 1. The van der Waals surface area contributed by atoms with E-state index in [1.54, 1.807) is 0 Å². The molecule has 2 aliphatic heterocycles. The minimum absolute atomic E-state index is 0. The molecular weight excluding hydrogens is 479 g/mol. The van der Waals surface area contributed by atoms with Crippen LogP contribution in [-0.2, 0) is 14.3 Å². The standard InChI is InChI=1S/C22H18Cl2N2O3S.ClH/c23-16(24)11-15-12-30-21-17(25)20(27)26(21)18(15)22(28)29-19(13-7-3-1-4-8-13)14-9-5-2-6-10-14;/h1-11,17,19,21H,12,25H2;1H/t17?,21-;/m0./s1. The van der Waals surface area contributed by atoms with Crippen LogP contribution in [0.1, 0.15) is 17.2 Å². The Labute approximate surface area is 200 Å². The molecule has 2 atom stereocenters. The Hall–Kier alpha value is -1.96. The van der Waals surface area contributed by atoms with Crippen molar-refractivity contribution in [1.29, 1.82) is 0 Å². The summed E-state index contributed by atoms with van der Waals surface area (Å²) in [5.74, 6) is -0.512. The Morgan fingerprint density at radius 2 is 1.65 bits per heavy atom. The van der Waals surface area contributed by atoms with Gasteiger partial charge in [0.15, 0.2) is 6.10 Å². The molecule has 0 radical (unpaired) electrons. The third-order valence-electron chi connectivity index (χ3n) is 4.95. The largest absolute Gasteiger partial charge is 0.448 e. The monoisotopic (exact) mass is 496 g/mol. The molecule has 2 aliphatic rings. The maximum Gasteiger partial charge on any atom is 0.356 e. The summed E-state index contributed by atoms with van der Waals surface area (Å²) in [4.78, 5) is 27.2. The number of thioether (sulfide) groups is 1. The van der Waals surface area contributed by atoms with Crippen LogP contribution in [0.25, 0.3) is 0 Å². The molecule has 2 aromatic carbocycles. The lowest BCUT2D eigenvalue weighted by atomic mass is 10.0. The first-order valence-electron chi connectivity index (χ1n) is 9.24. The molecule has 9 heteroatoms. The number of hydrogen-bond donors (Lipinski definition) is 1. The van der Waals surface area contributed by atoms with Gasteiger partial charge in [-0.1, -0.05) is 83.9 Å². The van der Waals surface area contributed by atoms with E-state index in [1.807, 2.05) is 60.7 Å². The van der Waals surface area contributed by atoms with Crippen molar-refractivity contribution < 1.29 is 14.3 Å². The van der Waals surface area contributed by atoms with E-state index in [0.29, 0.717) is 11.3 Å². The van der Waals surface area contributed by atoms with E-state index in [-0.39, 0.29) is 33.9 Å². The van der Waals surface area contributed by atoms with Crippen molar-refractivity contribution >= 4 is 59.2 Å². The lowest BCUT2D eigenvalue weighted by Crippen LogP contribution is -2.68. The summed E-state index contributed by atoms with van der Waals surface area (Å²) in [6.07, 6.45) is 0.835. The first-order chi connectivity index (χ1) is 14.5. The van der Waals surface area contributed by atoms with Crippen molar-refractivity contribution in [3.63, 3.8) is 0 Å². The Balaban J connectivity index is 0.00000272. The molecule has 162 valence electrons. The highest BCUT2D eigenvalue weighted by atomic mass is 35.5. The Kier molecular flexibility index (Phi) is 7.73. The summed E-state index contributed by atoms with van der Waals surface area (Å²) in [7, 11) is 0. The zero-order valence-electron chi connectivity index (χ0n) is 16.1. The number of rotatable bonds is 5. The van der Waals surface area contributed by atoms with Crippen molar-refractivity contribution in [2.75, 3.05) is 5.75 Å². The summed E-state index contributed by atoms with van der Waals surface area (Å²) >= 11 is 13.2. The van der Waals surface area contributed by atoms with Crippen LogP contribution in [0.15, 0.2) is 82.5 Å². The zero-order valence-corrected chi connectivity index (χ0v) is 19.3. The average Bonchev–Trinajstić information content (AvgIpc) is 2.77. The third kappa shape index (κ3) is 4.78. The van der Waals surface area contributed by atoms with E-state index < -0.39 is 18.1 Å². The van der Waals surface area contributed by atoms with Gasteiger partial charge >= 0.3 is 5.97 Å². The van der Waals surface area contributed by atoms with Crippen molar-refractivity contribution in [3.05, 3.63) is 93.6 Å². The van der Waals surface area contributed by atoms with Gasteiger partial charge in [-0.25, -0.2) is 4.79 Å². The fourth-order valence-corrected chi connectivity index (χ4v) is 5.03. The number of hydrogen-bond acceptors (Lipinski definition) is 5. The molecule has 4 rings (SSSR count). The number of nitrogens with zero attached hydrogens (tertiary/aromatic N) is 1. The van der Waals surface area contributed by atoms with Gasteiger partial charge in [-0.2, -0.15) is 0 Å². The maximum absolute atomic E-state index is 13.3. The van der Waals surface area contributed by atoms with E-state index in [9.17, 15) is 9.59 Å². The lowest BCUT2D eigenvalue weighted by molar-refractivity contribution is -0.153. The molecule has 2 heterocycles. The molecule has 0 saturated carbocycles. The molecule has 2 N–H and O–H groups in total. The molecule has 5 nitrogen and oxygen atoms in total. The number of nitrogens with two attached hydrogens (primary N) is 1. The van der Waals surface area contributed by atoms with E-state index >= 15 is 0 Å². The lowest BCUT2D eigenvalue weighted by Gasteiger charge is -2.48. The van der Waals surface area contributed by atoms with Crippen molar-refractivity contribution in [2.24, 2.45) is 5.73 Å². The van der Waals surface area contributed by atoms with Crippen LogP contribution < -0.4 is 5.73 Å². The topological polar surface area (TPSA) is 72.6 Å². The fraction of sp³-hybridized carbons (Fsp3) is 0.182. The number of β-lactam (4-membered cyclic amide) rings is 1. The van der Waals surface area contributed by atoms with Gasteiger partial charge in [0.05, 0.1) is 0 Å². The Bertz CT molecular complexity index is 987. The van der Waals surface area contributed by atoms with Crippen LogP contribution in [-0.4, -0.2) is 33.9 Å². The number of carbonyl (C=O) groups is 2. The van der Waals surface area contributed by atoms with Crippen LogP contribution in [0.2, 0.25) is 0 Å². The molecule has 2 aromatic rings. The van der Waals surface area contributed by atoms with Gasteiger partial charge in [-0.15, -0.1) is 24.2 Å². The first kappa shape index (κ1) is 23.7. The second kappa shape index (κ2) is 10.1. The van der Waals surface area contributed by atoms with E-state index in [1.165, 1.54) is 22.7 Å². The number of halogens is 3. The van der Waals surface area contributed by atoms with Gasteiger partial charge in [0.2, 0.25) is 5.91 Å². The van der Waals surface area contributed by atoms with E-state index in [2.05, 4.69) is 0 Å². The predicted octanol–water partition coefficient (Wildman–Crippen LogP) is 4.56. The SMILES string of the molecule is Cl.NC1C(=O)N2C(C(=O)OC(c3ccccc3)c3ccccc3)=C(C=C(Cl)Cl)CS[C@@H]12. The quantitative estimate of drug-likeness (QED) is 0.484. The highest BCUT2D eigenvalue weighted by Gasteiger charge is 2.52. The van der Waals surface area contributed by atoms with Crippen LogP contribution in [0.4, 0.5) is 0 Å². The molecule has 1 unspecified atom stereocenters. The number of fused-ring (bicyclic) bond motifs is 1. The molecule has 1 saturated heterocycles. The molecule has 0 aromatic heterocycles. The fourth-order valence-electron chi connectivity index (χ4n) is 3.52. The molecule has 0 aliphatic carbocycles. The minimum Gasteiger partial charge on any atom is -0.448 e. The minimum atomic E-state index is -0.645. The average molecular weight is 498 g/mol. The normalized spacial score (nSPS) is 19.9. The summed E-state index contributed by atoms with van der Waals surface area (Å²) in [5, 5.41) is -0.307. The predicted molar refractivity (Wildman–Crippen MR) is 126 cm³/mol. The van der Waals surface area contributed by atoms with Gasteiger partial charge in [-0.3, -0.25) is 9.69 Å². The summed E-state index contributed by atoms with van der Waals surface area (Å²) in [6.45, 7) is 0. The van der Waals surface area contributed by atoms with Gasteiger partial charge in [0.25, 0.3) is 0 Å². The number of esters is 1. The summed E-state index contributed by atoms with van der Waals surface area (Å²) in [5.41, 5.74) is 8.22. The third-order valence-corrected chi connectivity index (χ3v) is 6.49. The van der Waals surface area contributed by atoms with Gasteiger partial charge in [-0.05, 0) is 22.8 Å². The number of allylic oxidation sites excluding steroid dienone is 1. The number of carbonyl (C=O) groups excluding carboxylic acids is 2. The highest BCUT2D eigenvalue weighted by Crippen LogP contribution is 2.41. The van der Waals surface area contributed by atoms with Crippen molar-refractivity contribution in [2.45, 2.75) is 17.5 Å². The summed E-state index contributed by atoms with van der Waals surface area (Å²) in [6, 6.07) is 18.2.